The van der Waals surface area contributed by atoms with Gasteiger partial charge in [-0.1, -0.05) is 42.1 Å². The molecule has 0 radical (unpaired) electrons. The van der Waals surface area contributed by atoms with Crippen molar-refractivity contribution in [3.63, 3.8) is 0 Å². The molecule has 0 bridgehead atoms. The molecule has 0 spiro atoms. The van der Waals surface area contributed by atoms with Crippen molar-refractivity contribution in [1.29, 1.82) is 0 Å². The normalized spacial score (nSPS) is 13.8. The molecule has 0 aromatic heterocycles. The van der Waals surface area contributed by atoms with E-state index in [1.54, 1.807) is 6.07 Å². The summed E-state index contributed by atoms with van der Waals surface area (Å²) in [6.45, 7) is -3.23. The van der Waals surface area contributed by atoms with Crippen LogP contribution >= 0.6 is 11.8 Å². The first-order valence-electron chi connectivity index (χ1n) is 6.59. The minimum absolute atomic E-state index is 0.0527. The average Bonchev–Trinajstić information content (AvgIpc) is 2.54. The number of hydrogen-bond donors (Lipinski definition) is 0. The molecule has 0 atom stereocenters. The molecule has 0 saturated heterocycles. The first kappa shape index (κ1) is 21.7. The number of carbonyl (C=O) groups excluding carboxylic acids is 1. The number of rotatable bonds is 8. The summed E-state index contributed by atoms with van der Waals surface area (Å²) in [5.74, 6) is -25.7. The second-order valence-electron chi connectivity index (χ2n) is 4.94. The molecule has 0 unspecified atom stereocenters. The van der Waals surface area contributed by atoms with Crippen molar-refractivity contribution in [3.05, 3.63) is 35.9 Å². The topological polar surface area (TPSA) is 17.1 Å². The van der Waals surface area contributed by atoms with Gasteiger partial charge in [-0.05, 0) is 0 Å². The lowest BCUT2D eigenvalue weighted by Gasteiger charge is -2.35. The summed E-state index contributed by atoms with van der Waals surface area (Å²) in [5.41, 5.74) is 0.0527. The second-order valence-corrected chi connectivity index (χ2v) is 6.01. The first-order chi connectivity index (χ1) is 11.3. The van der Waals surface area contributed by atoms with Gasteiger partial charge in [-0.15, -0.1) is 0 Å². The molecule has 0 amide bonds. The van der Waals surface area contributed by atoms with E-state index in [0.717, 1.165) is 0 Å². The standard InChI is InChI=1S/C14H11F9OS/c15-8-12(18,19)14(22,23)13(20,21)11(16,17)6-7-25-10(24)9-4-2-1-3-5-9/h1-5H,6-8H2. The number of hydrogen-bond acceptors (Lipinski definition) is 2. The summed E-state index contributed by atoms with van der Waals surface area (Å²) >= 11 is 0.138. The SMILES string of the molecule is O=C(SCCC(F)(F)C(F)(F)C(F)(F)C(F)(F)CF)c1ccccc1. The van der Waals surface area contributed by atoms with Crippen LogP contribution in [0.2, 0.25) is 0 Å². The van der Waals surface area contributed by atoms with Gasteiger partial charge in [0.15, 0.2) is 6.67 Å². The molecule has 0 aliphatic heterocycles. The molecule has 142 valence electrons. The molecule has 1 aromatic rings. The fraction of sp³-hybridized carbons (Fsp3) is 0.500. The van der Waals surface area contributed by atoms with Crippen LogP contribution in [0.3, 0.4) is 0 Å². The number of benzene rings is 1. The molecule has 0 aliphatic rings. The van der Waals surface area contributed by atoms with E-state index < -0.39 is 47.7 Å². The van der Waals surface area contributed by atoms with Crippen LogP contribution in [0.5, 0.6) is 0 Å². The van der Waals surface area contributed by atoms with Crippen molar-refractivity contribution in [2.45, 2.75) is 30.1 Å². The third kappa shape index (κ3) is 4.24. The lowest BCUT2D eigenvalue weighted by molar-refractivity contribution is -0.367. The smallest absolute Gasteiger partial charge is 0.282 e. The summed E-state index contributed by atoms with van der Waals surface area (Å²) in [6.07, 6.45) is -1.98. The van der Waals surface area contributed by atoms with Crippen LogP contribution in [0.25, 0.3) is 0 Å². The molecule has 0 aliphatic carbocycles. The minimum Gasteiger partial charge on any atom is -0.282 e. The Morgan fingerprint density at radius 3 is 1.80 bits per heavy atom. The molecule has 1 aromatic carbocycles. The average molecular weight is 398 g/mol. The first-order valence-corrected chi connectivity index (χ1v) is 7.58. The van der Waals surface area contributed by atoms with Gasteiger partial charge >= 0.3 is 23.7 Å². The van der Waals surface area contributed by atoms with Crippen molar-refractivity contribution < 1.29 is 44.3 Å². The summed E-state index contributed by atoms with van der Waals surface area (Å²) < 4.78 is 117. The van der Waals surface area contributed by atoms with E-state index in [4.69, 9.17) is 0 Å². The Balaban J connectivity index is 2.81. The van der Waals surface area contributed by atoms with Gasteiger partial charge in [0.05, 0.1) is 0 Å². The van der Waals surface area contributed by atoms with Gasteiger partial charge in [-0.25, -0.2) is 4.39 Å². The fourth-order valence-electron chi connectivity index (χ4n) is 1.63. The number of thioether (sulfide) groups is 1. The lowest BCUT2D eigenvalue weighted by Crippen LogP contribution is -2.63. The minimum atomic E-state index is -6.60. The maximum absolute atomic E-state index is 13.4. The zero-order valence-corrected chi connectivity index (χ0v) is 13.0. The summed E-state index contributed by atoms with van der Waals surface area (Å²) in [5, 5.41) is -0.791. The van der Waals surface area contributed by atoms with Crippen LogP contribution in [0.15, 0.2) is 30.3 Å². The third-order valence-electron chi connectivity index (χ3n) is 3.14. The summed E-state index contributed by atoms with van der Waals surface area (Å²) in [6, 6.07) is 7.03. The van der Waals surface area contributed by atoms with E-state index in [1.165, 1.54) is 24.3 Å². The molecule has 0 saturated carbocycles. The third-order valence-corrected chi connectivity index (χ3v) is 4.05. The van der Waals surface area contributed by atoms with Crippen molar-refractivity contribution in [1.82, 2.24) is 0 Å². The Morgan fingerprint density at radius 1 is 0.840 bits per heavy atom. The highest BCUT2D eigenvalue weighted by Crippen LogP contribution is 2.53. The largest absolute Gasteiger partial charge is 0.380 e. The zero-order chi connectivity index (χ0) is 19.5. The van der Waals surface area contributed by atoms with E-state index >= 15 is 0 Å². The zero-order valence-electron chi connectivity index (χ0n) is 12.2. The summed E-state index contributed by atoms with van der Waals surface area (Å²) in [4.78, 5) is 11.6. The molecule has 1 rings (SSSR count). The van der Waals surface area contributed by atoms with Crippen molar-refractivity contribution >= 4 is 16.9 Å². The molecule has 11 heteroatoms. The molecular formula is C14H11F9OS. The van der Waals surface area contributed by atoms with Gasteiger partial charge in [0, 0.05) is 17.7 Å². The van der Waals surface area contributed by atoms with Gasteiger partial charge < -0.3 is 0 Å². The van der Waals surface area contributed by atoms with Crippen molar-refractivity contribution in [2.75, 3.05) is 12.4 Å². The van der Waals surface area contributed by atoms with Crippen LogP contribution in [-0.4, -0.2) is 41.2 Å². The fourth-order valence-corrected chi connectivity index (χ4v) is 2.48. The van der Waals surface area contributed by atoms with Crippen LogP contribution < -0.4 is 0 Å². The lowest BCUT2D eigenvalue weighted by atomic mass is 9.97. The molecule has 25 heavy (non-hydrogen) atoms. The molecule has 0 fully saturated rings. The highest BCUT2D eigenvalue weighted by molar-refractivity contribution is 8.14. The van der Waals surface area contributed by atoms with Crippen LogP contribution in [0.4, 0.5) is 39.5 Å². The van der Waals surface area contributed by atoms with E-state index in [0.29, 0.717) is 0 Å². The van der Waals surface area contributed by atoms with Crippen LogP contribution in [0.1, 0.15) is 16.8 Å². The predicted octanol–water partition coefficient (Wildman–Crippen LogP) is 5.46. The van der Waals surface area contributed by atoms with E-state index in [2.05, 4.69) is 0 Å². The molecule has 0 N–H and O–H groups in total. The highest BCUT2D eigenvalue weighted by Gasteiger charge is 2.80. The number of carbonyl (C=O) groups is 1. The van der Waals surface area contributed by atoms with Gasteiger partial charge in [0.25, 0.3) is 0 Å². The van der Waals surface area contributed by atoms with Crippen LogP contribution in [-0.2, 0) is 0 Å². The Labute approximate surface area is 140 Å². The number of alkyl halides is 9. The Hall–Kier alpha value is -1.39. The molecule has 0 heterocycles. The maximum atomic E-state index is 13.4. The maximum Gasteiger partial charge on any atom is 0.380 e. The second kappa shape index (κ2) is 7.46. The van der Waals surface area contributed by atoms with Crippen molar-refractivity contribution in [3.8, 4) is 0 Å². The van der Waals surface area contributed by atoms with E-state index in [1.807, 2.05) is 0 Å². The van der Waals surface area contributed by atoms with E-state index in [-0.39, 0.29) is 17.3 Å². The van der Waals surface area contributed by atoms with E-state index in [9.17, 15) is 44.3 Å². The molecule has 1 nitrogen and oxygen atoms in total. The van der Waals surface area contributed by atoms with Gasteiger partial charge in [-0.3, -0.25) is 4.79 Å². The number of halogens is 9. The quantitative estimate of drug-likeness (QED) is 0.541. The summed E-state index contributed by atoms with van der Waals surface area (Å²) in [7, 11) is 0. The van der Waals surface area contributed by atoms with Gasteiger partial charge in [0.1, 0.15) is 0 Å². The highest BCUT2D eigenvalue weighted by atomic mass is 32.2. The van der Waals surface area contributed by atoms with Crippen LogP contribution in [0, 0.1) is 0 Å². The molecular weight excluding hydrogens is 387 g/mol. The Kier molecular flexibility index (Phi) is 6.47. The predicted molar refractivity (Wildman–Crippen MR) is 73.6 cm³/mol. The Bertz CT molecular complexity index is 589. The Morgan fingerprint density at radius 2 is 1.32 bits per heavy atom. The van der Waals surface area contributed by atoms with Crippen molar-refractivity contribution in [2.24, 2.45) is 0 Å². The van der Waals surface area contributed by atoms with Gasteiger partial charge in [-0.2, -0.15) is 35.1 Å². The monoisotopic (exact) mass is 398 g/mol. The van der Waals surface area contributed by atoms with Gasteiger partial charge in [0.2, 0.25) is 5.12 Å².